The number of hydrogen-bond donors (Lipinski definition) is 3. The zero-order chi connectivity index (χ0) is 13.8. The molecular formula is C12H19BrClN3O2. The second-order valence-corrected chi connectivity index (χ2v) is 5.07. The lowest BCUT2D eigenvalue weighted by Crippen LogP contribution is -2.52. The highest BCUT2D eigenvalue weighted by atomic mass is 79.9. The predicted molar refractivity (Wildman–Crippen MR) is 81.8 cm³/mol. The minimum absolute atomic E-state index is 0. The van der Waals surface area contributed by atoms with Gasteiger partial charge < -0.3 is 16.0 Å². The third-order valence-electron chi connectivity index (χ3n) is 3.24. The summed E-state index contributed by atoms with van der Waals surface area (Å²) in [5.41, 5.74) is 5.48. The van der Waals surface area contributed by atoms with Gasteiger partial charge in [-0.1, -0.05) is 13.8 Å². The second-order valence-electron chi connectivity index (χ2n) is 4.21. The molecule has 4 N–H and O–H groups in total. The Bertz CT molecular complexity index is 478. The Hall–Kier alpha value is -0.850. The smallest absolute Gasteiger partial charge is 0.262 e. The van der Waals surface area contributed by atoms with Gasteiger partial charge in [0.25, 0.3) is 11.5 Å². The van der Waals surface area contributed by atoms with Gasteiger partial charge in [-0.2, -0.15) is 0 Å². The lowest BCUT2D eigenvalue weighted by Gasteiger charge is -2.31. The van der Waals surface area contributed by atoms with Crippen molar-refractivity contribution in [2.75, 3.05) is 6.54 Å². The number of carbonyl (C=O) groups excluding carboxylic acids is 1. The van der Waals surface area contributed by atoms with Gasteiger partial charge >= 0.3 is 0 Å². The first kappa shape index (κ1) is 18.1. The fourth-order valence-corrected chi connectivity index (χ4v) is 2.03. The third kappa shape index (κ3) is 4.33. The van der Waals surface area contributed by atoms with Crippen LogP contribution in [0.3, 0.4) is 0 Å². The quantitative estimate of drug-likeness (QED) is 0.755. The molecule has 0 spiro atoms. The molecule has 108 valence electrons. The molecule has 1 rings (SSSR count). The summed E-state index contributed by atoms with van der Waals surface area (Å²) >= 11 is 3.10. The summed E-state index contributed by atoms with van der Waals surface area (Å²) in [5, 5.41) is 2.94. The lowest BCUT2D eigenvalue weighted by atomic mass is 9.92. The largest absolute Gasteiger partial charge is 0.345 e. The van der Waals surface area contributed by atoms with E-state index in [1.807, 2.05) is 13.8 Å². The maximum atomic E-state index is 12.1. The third-order valence-corrected chi connectivity index (χ3v) is 3.83. The lowest BCUT2D eigenvalue weighted by molar-refractivity contribution is 0.0895. The Kier molecular flexibility index (Phi) is 7.33. The minimum Gasteiger partial charge on any atom is -0.345 e. The highest BCUT2D eigenvalue weighted by Gasteiger charge is 2.26. The molecule has 1 aromatic heterocycles. The summed E-state index contributed by atoms with van der Waals surface area (Å²) in [6.45, 7) is 4.36. The number of carbonyl (C=O) groups is 1. The monoisotopic (exact) mass is 351 g/mol. The van der Waals surface area contributed by atoms with Crippen LogP contribution in [0, 0.1) is 0 Å². The maximum Gasteiger partial charge on any atom is 0.262 e. The molecule has 0 aromatic carbocycles. The number of nitrogens with two attached hydrogens (primary N) is 1. The Balaban J connectivity index is 0.00000324. The van der Waals surface area contributed by atoms with Gasteiger partial charge in [-0.05, 0) is 34.8 Å². The molecule has 1 aromatic rings. The van der Waals surface area contributed by atoms with Crippen molar-refractivity contribution in [3.8, 4) is 0 Å². The van der Waals surface area contributed by atoms with E-state index in [1.54, 1.807) is 0 Å². The molecule has 7 heteroatoms. The first-order valence-electron chi connectivity index (χ1n) is 5.89. The van der Waals surface area contributed by atoms with Crippen LogP contribution in [0.5, 0.6) is 0 Å². The van der Waals surface area contributed by atoms with Gasteiger partial charge in [0.1, 0.15) is 0 Å². The molecule has 0 fully saturated rings. The van der Waals surface area contributed by atoms with Crippen molar-refractivity contribution in [1.82, 2.24) is 10.3 Å². The van der Waals surface area contributed by atoms with Crippen LogP contribution in [-0.2, 0) is 0 Å². The van der Waals surface area contributed by atoms with E-state index < -0.39 is 0 Å². The van der Waals surface area contributed by atoms with Gasteiger partial charge in [-0.25, -0.2) is 0 Å². The van der Waals surface area contributed by atoms with Crippen LogP contribution in [-0.4, -0.2) is 23.0 Å². The molecule has 0 aliphatic rings. The maximum absolute atomic E-state index is 12.1. The Morgan fingerprint density at radius 1 is 1.47 bits per heavy atom. The predicted octanol–water partition coefficient (Wildman–Crippen LogP) is 1.81. The van der Waals surface area contributed by atoms with E-state index in [9.17, 15) is 9.59 Å². The number of pyridine rings is 1. The van der Waals surface area contributed by atoms with Crippen LogP contribution in [0.25, 0.3) is 0 Å². The first-order chi connectivity index (χ1) is 8.48. The summed E-state index contributed by atoms with van der Waals surface area (Å²) in [6, 6.07) is 1.50. The molecule has 0 aliphatic carbocycles. The number of nitrogens with one attached hydrogen (secondary N) is 2. The number of halogens is 2. The van der Waals surface area contributed by atoms with Crippen molar-refractivity contribution in [3.05, 3.63) is 32.7 Å². The number of hydrogen-bond acceptors (Lipinski definition) is 3. The summed E-state index contributed by atoms with van der Waals surface area (Å²) in [6.07, 6.45) is 2.92. The molecule has 19 heavy (non-hydrogen) atoms. The minimum atomic E-state index is -0.389. The van der Waals surface area contributed by atoms with E-state index in [0.717, 1.165) is 12.8 Å². The average Bonchev–Trinajstić information content (AvgIpc) is 2.39. The van der Waals surface area contributed by atoms with Crippen molar-refractivity contribution in [1.29, 1.82) is 0 Å². The normalized spacial score (nSPS) is 10.7. The Morgan fingerprint density at radius 3 is 2.47 bits per heavy atom. The van der Waals surface area contributed by atoms with Gasteiger partial charge in [0.05, 0.1) is 15.6 Å². The highest BCUT2D eigenvalue weighted by Crippen LogP contribution is 2.15. The molecule has 5 nitrogen and oxygen atoms in total. The van der Waals surface area contributed by atoms with Crippen LogP contribution in [0.15, 0.2) is 21.5 Å². The number of rotatable bonds is 5. The fourth-order valence-electron chi connectivity index (χ4n) is 1.67. The van der Waals surface area contributed by atoms with Gasteiger partial charge in [0.2, 0.25) is 0 Å². The molecule has 0 saturated carbocycles. The van der Waals surface area contributed by atoms with E-state index in [4.69, 9.17) is 5.73 Å². The highest BCUT2D eigenvalue weighted by molar-refractivity contribution is 9.10. The van der Waals surface area contributed by atoms with E-state index in [1.165, 1.54) is 12.3 Å². The molecule has 0 unspecified atom stereocenters. The van der Waals surface area contributed by atoms with Crippen LogP contribution in [0.1, 0.15) is 37.0 Å². The number of amides is 1. The summed E-state index contributed by atoms with van der Waals surface area (Å²) < 4.78 is 0.335. The molecule has 1 amide bonds. The Labute approximate surface area is 126 Å². The average molecular weight is 353 g/mol. The van der Waals surface area contributed by atoms with E-state index in [-0.39, 0.29) is 29.4 Å². The Morgan fingerprint density at radius 2 is 2.05 bits per heavy atom. The summed E-state index contributed by atoms with van der Waals surface area (Å²) in [5.74, 6) is -0.235. The summed E-state index contributed by atoms with van der Waals surface area (Å²) in [4.78, 5) is 25.8. The van der Waals surface area contributed by atoms with Crippen LogP contribution in [0.4, 0.5) is 0 Å². The number of aromatic amines is 1. The van der Waals surface area contributed by atoms with E-state index in [2.05, 4.69) is 26.2 Å². The number of H-pyrrole nitrogens is 1. The zero-order valence-corrected chi connectivity index (χ0v) is 13.4. The van der Waals surface area contributed by atoms with Gasteiger partial charge in [-0.3, -0.25) is 9.59 Å². The van der Waals surface area contributed by atoms with Gasteiger partial charge in [-0.15, -0.1) is 12.4 Å². The molecular weight excluding hydrogens is 334 g/mol. The first-order valence-corrected chi connectivity index (χ1v) is 6.68. The molecule has 0 atom stereocenters. The standard InChI is InChI=1S/C12H18BrN3O2.ClH/c1-3-12(4-2,7-14)16-10(17)8-5-9(13)11(18)15-6-8;/h5-6H,3-4,7,14H2,1-2H3,(H,15,18)(H,16,17);1H. The van der Waals surface area contributed by atoms with Crippen molar-refractivity contribution >= 4 is 34.2 Å². The molecule has 0 radical (unpaired) electrons. The summed E-state index contributed by atoms with van der Waals surface area (Å²) in [7, 11) is 0. The molecule has 0 aliphatic heterocycles. The topological polar surface area (TPSA) is 88.0 Å². The van der Waals surface area contributed by atoms with Gasteiger partial charge in [0.15, 0.2) is 0 Å². The molecule has 0 saturated heterocycles. The van der Waals surface area contributed by atoms with E-state index >= 15 is 0 Å². The second kappa shape index (κ2) is 7.67. The number of aromatic nitrogens is 1. The molecule has 1 heterocycles. The zero-order valence-electron chi connectivity index (χ0n) is 11.0. The van der Waals surface area contributed by atoms with Crippen LogP contribution in [0.2, 0.25) is 0 Å². The SMILES string of the molecule is CCC(CC)(CN)NC(=O)c1c[nH]c(=O)c(Br)c1.Cl. The van der Waals surface area contributed by atoms with Crippen molar-refractivity contribution in [2.45, 2.75) is 32.2 Å². The van der Waals surface area contributed by atoms with Crippen molar-refractivity contribution in [2.24, 2.45) is 5.73 Å². The molecule has 0 bridgehead atoms. The van der Waals surface area contributed by atoms with Crippen molar-refractivity contribution in [3.63, 3.8) is 0 Å². The van der Waals surface area contributed by atoms with Crippen LogP contribution >= 0.6 is 28.3 Å². The van der Waals surface area contributed by atoms with E-state index in [0.29, 0.717) is 16.6 Å². The fraction of sp³-hybridized carbons (Fsp3) is 0.500. The van der Waals surface area contributed by atoms with Crippen molar-refractivity contribution < 1.29 is 4.79 Å². The van der Waals surface area contributed by atoms with Gasteiger partial charge in [0, 0.05) is 12.7 Å². The van der Waals surface area contributed by atoms with Crippen LogP contribution < -0.4 is 16.6 Å².